The number of imidazole rings is 1. The van der Waals surface area contributed by atoms with Gasteiger partial charge in [0.15, 0.2) is 0 Å². The number of carbonyl (C=O) groups excluding carboxylic acids is 2. The summed E-state index contributed by atoms with van der Waals surface area (Å²) < 4.78 is 5.29. The molecule has 1 fully saturated rings. The molecule has 1 amide bonds. The van der Waals surface area contributed by atoms with Gasteiger partial charge in [-0.2, -0.15) is 0 Å². The summed E-state index contributed by atoms with van der Waals surface area (Å²) in [4.78, 5) is 36.0. The summed E-state index contributed by atoms with van der Waals surface area (Å²) in [7, 11) is 1.57. The van der Waals surface area contributed by atoms with Crippen LogP contribution in [0.4, 0.5) is 5.95 Å². The van der Waals surface area contributed by atoms with Crippen molar-refractivity contribution in [2.45, 2.75) is 13.0 Å². The lowest BCUT2D eigenvalue weighted by atomic mass is 9.99. The number of hydrogen-bond acceptors (Lipinski definition) is 6. The van der Waals surface area contributed by atoms with E-state index in [9.17, 15) is 14.7 Å². The van der Waals surface area contributed by atoms with Crippen molar-refractivity contribution in [2.75, 3.05) is 12.0 Å². The zero-order valence-electron chi connectivity index (χ0n) is 17.3. The molecule has 3 heterocycles. The SMILES string of the molecule is COc1ccc(/C(O)=C2\C(=O)C(=O)N(c3nc4ccccc4[nH]3)C2c2cccs2)cc1C. The van der Waals surface area contributed by atoms with E-state index in [2.05, 4.69) is 9.97 Å². The fourth-order valence-electron chi connectivity index (χ4n) is 4.00. The second-order valence-electron chi connectivity index (χ2n) is 7.45. The Kier molecular flexibility index (Phi) is 4.79. The van der Waals surface area contributed by atoms with Gasteiger partial charge >= 0.3 is 5.91 Å². The Morgan fingerprint density at radius 1 is 1.16 bits per heavy atom. The van der Waals surface area contributed by atoms with Gasteiger partial charge < -0.3 is 14.8 Å². The number of anilines is 1. The predicted molar refractivity (Wildman–Crippen MR) is 123 cm³/mol. The molecule has 0 radical (unpaired) electrons. The molecule has 8 heteroatoms. The average molecular weight is 446 g/mol. The average Bonchev–Trinajstić information content (AvgIpc) is 3.52. The highest BCUT2D eigenvalue weighted by Gasteiger charge is 2.48. The number of benzene rings is 2. The van der Waals surface area contributed by atoms with E-state index in [0.29, 0.717) is 16.8 Å². The van der Waals surface area contributed by atoms with Crippen LogP contribution in [0.3, 0.4) is 0 Å². The number of methoxy groups -OCH3 is 1. The minimum atomic E-state index is -0.794. The Bertz CT molecular complexity index is 1350. The van der Waals surface area contributed by atoms with Crippen molar-refractivity contribution in [1.29, 1.82) is 0 Å². The number of aliphatic hydroxyl groups is 1. The van der Waals surface area contributed by atoms with Gasteiger partial charge in [0.05, 0.1) is 23.7 Å². The lowest BCUT2D eigenvalue weighted by Gasteiger charge is -2.21. The van der Waals surface area contributed by atoms with E-state index in [1.165, 1.54) is 16.2 Å². The molecule has 1 aliphatic rings. The van der Waals surface area contributed by atoms with Crippen molar-refractivity contribution in [2.24, 2.45) is 0 Å². The van der Waals surface area contributed by atoms with Crippen molar-refractivity contribution >= 4 is 45.8 Å². The Morgan fingerprint density at radius 3 is 2.66 bits per heavy atom. The molecule has 0 spiro atoms. The molecule has 7 nitrogen and oxygen atoms in total. The summed E-state index contributed by atoms with van der Waals surface area (Å²) in [6.45, 7) is 1.85. The molecule has 5 rings (SSSR count). The first-order valence-electron chi connectivity index (χ1n) is 9.93. The third-order valence-electron chi connectivity index (χ3n) is 5.53. The summed E-state index contributed by atoms with van der Waals surface area (Å²) in [5.74, 6) is -0.800. The number of aryl methyl sites for hydroxylation is 1. The highest BCUT2D eigenvalue weighted by Crippen LogP contribution is 2.43. The van der Waals surface area contributed by atoms with Crippen LogP contribution < -0.4 is 9.64 Å². The van der Waals surface area contributed by atoms with E-state index in [1.807, 2.05) is 48.7 Å². The molecule has 1 saturated heterocycles. The monoisotopic (exact) mass is 445 g/mol. The fraction of sp³-hybridized carbons (Fsp3) is 0.125. The topological polar surface area (TPSA) is 95.5 Å². The fourth-order valence-corrected chi connectivity index (χ4v) is 4.83. The molecule has 0 saturated carbocycles. The number of H-pyrrole nitrogens is 1. The summed E-state index contributed by atoms with van der Waals surface area (Å²) >= 11 is 1.40. The molecule has 32 heavy (non-hydrogen) atoms. The number of para-hydroxylation sites is 2. The zero-order valence-corrected chi connectivity index (χ0v) is 18.1. The third kappa shape index (κ3) is 3.07. The normalized spacial score (nSPS) is 17.9. The van der Waals surface area contributed by atoms with Crippen LogP contribution in [0, 0.1) is 6.92 Å². The van der Waals surface area contributed by atoms with Gasteiger partial charge in [0, 0.05) is 10.4 Å². The van der Waals surface area contributed by atoms with Crippen molar-refractivity contribution in [3.05, 3.63) is 81.6 Å². The van der Waals surface area contributed by atoms with Crippen LogP contribution in [-0.4, -0.2) is 33.9 Å². The Balaban J connectivity index is 1.70. The van der Waals surface area contributed by atoms with Gasteiger partial charge in [-0.05, 0) is 54.3 Å². The third-order valence-corrected chi connectivity index (χ3v) is 6.46. The van der Waals surface area contributed by atoms with Crippen LogP contribution in [0.15, 0.2) is 65.6 Å². The molecule has 1 unspecified atom stereocenters. The zero-order chi connectivity index (χ0) is 22.4. The number of Topliss-reactive ketones (excluding diaryl/α,β-unsaturated/α-hetero) is 1. The summed E-state index contributed by atoms with van der Waals surface area (Å²) in [5, 5.41) is 13.1. The first-order chi connectivity index (χ1) is 15.5. The van der Waals surface area contributed by atoms with Crippen LogP contribution in [0.1, 0.15) is 22.0 Å². The number of ether oxygens (including phenoxy) is 1. The molecule has 1 atom stereocenters. The van der Waals surface area contributed by atoms with E-state index >= 15 is 0 Å². The molecular formula is C24H19N3O4S. The number of aliphatic hydroxyl groups excluding tert-OH is 1. The molecular weight excluding hydrogens is 426 g/mol. The van der Waals surface area contributed by atoms with E-state index < -0.39 is 17.7 Å². The minimum absolute atomic E-state index is 0.0301. The van der Waals surface area contributed by atoms with Crippen LogP contribution in [-0.2, 0) is 9.59 Å². The molecule has 2 aromatic heterocycles. The second kappa shape index (κ2) is 7.65. The Hall–Kier alpha value is -3.91. The number of fused-ring (bicyclic) bond motifs is 1. The number of rotatable bonds is 4. The maximum atomic E-state index is 13.2. The van der Waals surface area contributed by atoms with Crippen molar-refractivity contribution in [1.82, 2.24) is 9.97 Å². The summed E-state index contributed by atoms with van der Waals surface area (Å²) in [6, 6.07) is 15.4. The van der Waals surface area contributed by atoms with E-state index in [0.717, 1.165) is 16.0 Å². The van der Waals surface area contributed by atoms with Gasteiger partial charge in [-0.25, -0.2) is 4.98 Å². The number of thiophene rings is 1. The molecule has 2 N–H and O–H groups in total. The number of nitrogens with zero attached hydrogens (tertiary/aromatic N) is 2. The van der Waals surface area contributed by atoms with Gasteiger partial charge in [0.1, 0.15) is 17.6 Å². The number of hydrogen-bond donors (Lipinski definition) is 2. The first-order valence-corrected chi connectivity index (χ1v) is 10.8. The van der Waals surface area contributed by atoms with E-state index in [1.54, 1.807) is 25.3 Å². The van der Waals surface area contributed by atoms with E-state index in [4.69, 9.17) is 4.74 Å². The molecule has 4 aromatic rings. The number of aromatic nitrogens is 2. The van der Waals surface area contributed by atoms with Crippen LogP contribution in [0.5, 0.6) is 5.75 Å². The van der Waals surface area contributed by atoms with E-state index in [-0.39, 0.29) is 17.3 Å². The van der Waals surface area contributed by atoms with Gasteiger partial charge in [-0.3, -0.25) is 14.5 Å². The number of ketones is 1. The lowest BCUT2D eigenvalue weighted by molar-refractivity contribution is -0.132. The molecule has 1 aliphatic heterocycles. The molecule has 0 bridgehead atoms. The highest BCUT2D eigenvalue weighted by molar-refractivity contribution is 7.10. The smallest absolute Gasteiger partial charge is 0.302 e. The van der Waals surface area contributed by atoms with Crippen LogP contribution in [0.2, 0.25) is 0 Å². The Morgan fingerprint density at radius 2 is 1.97 bits per heavy atom. The van der Waals surface area contributed by atoms with Gasteiger partial charge in [0.25, 0.3) is 5.78 Å². The number of carbonyl (C=O) groups is 2. The lowest BCUT2D eigenvalue weighted by Crippen LogP contribution is -2.30. The van der Waals surface area contributed by atoms with Crippen molar-refractivity contribution in [3.63, 3.8) is 0 Å². The van der Waals surface area contributed by atoms with Gasteiger partial charge in [0.2, 0.25) is 5.95 Å². The Labute approximate surface area is 187 Å². The predicted octanol–water partition coefficient (Wildman–Crippen LogP) is 4.57. The summed E-state index contributed by atoms with van der Waals surface area (Å²) in [5.41, 5.74) is 2.70. The van der Waals surface area contributed by atoms with Gasteiger partial charge in [-0.1, -0.05) is 18.2 Å². The first kappa shape index (κ1) is 20.0. The van der Waals surface area contributed by atoms with Gasteiger partial charge in [-0.15, -0.1) is 11.3 Å². The highest BCUT2D eigenvalue weighted by atomic mass is 32.1. The molecule has 160 valence electrons. The minimum Gasteiger partial charge on any atom is -0.507 e. The summed E-state index contributed by atoms with van der Waals surface area (Å²) in [6.07, 6.45) is 0. The maximum absolute atomic E-state index is 13.2. The second-order valence-corrected chi connectivity index (χ2v) is 8.43. The number of aromatic amines is 1. The quantitative estimate of drug-likeness (QED) is 0.273. The number of amides is 1. The molecule has 2 aromatic carbocycles. The number of nitrogens with one attached hydrogen (secondary N) is 1. The standard InChI is InChI=1S/C24H19N3O4S/c1-13-12-14(9-10-17(13)31-2)21(28)19-20(18-8-5-11-32-18)27(23(30)22(19)29)24-25-15-6-3-4-7-16(15)26-24/h3-12,20,28H,1-2H3,(H,25,26)/b21-19+. The van der Waals surface area contributed by atoms with Crippen molar-refractivity contribution in [3.8, 4) is 5.75 Å². The van der Waals surface area contributed by atoms with Crippen molar-refractivity contribution < 1.29 is 19.4 Å². The van der Waals surface area contributed by atoms with Crippen LogP contribution >= 0.6 is 11.3 Å². The molecule has 0 aliphatic carbocycles. The maximum Gasteiger partial charge on any atom is 0.302 e. The largest absolute Gasteiger partial charge is 0.507 e. The van der Waals surface area contributed by atoms with Crippen LogP contribution in [0.25, 0.3) is 16.8 Å².